The zero-order valence-electron chi connectivity index (χ0n) is 10.5. The number of ether oxygens (including phenoxy) is 1. The molecule has 0 aromatic heterocycles. The minimum atomic E-state index is -0.00288. The largest absolute Gasteiger partial charge is 0.508 e. The Morgan fingerprint density at radius 3 is 2.44 bits per heavy atom. The molecule has 4 N–H and O–H groups in total. The topological polar surface area (TPSA) is 85.2 Å². The Morgan fingerprint density at radius 2 is 1.89 bits per heavy atom. The molecule has 0 fully saturated rings. The number of aromatic hydroxyl groups is 1. The summed E-state index contributed by atoms with van der Waals surface area (Å²) in [4.78, 5) is 0. The minimum Gasteiger partial charge on any atom is -0.508 e. The number of nitrogens with zero attached hydrogens (tertiary/aromatic N) is 1. The maximum absolute atomic E-state index is 9.69. The maximum atomic E-state index is 9.69. The molecule has 0 bridgehead atoms. The van der Waals surface area contributed by atoms with E-state index in [1.165, 1.54) is 0 Å². The molecule has 0 aliphatic carbocycles. The van der Waals surface area contributed by atoms with Gasteiger partial charge in [-0.2, -0.15) is 0 Å². The van der Waals surface area contributed by atoms with Crippen molar-refractivity contribution in [3.63, 3.8) is 0 Å². The van der Waals surface area contributed by atoms with Gasteiger partial charge in [-0.25, -0.2) is 5.01 Å². The Balaban J connectivity index is 2.60. The lowest BCUT2D eigenvalue weighted by atomic mass is 10.2. The van der Waals surface area contributed by atoms with Gasteiger partial charge in [0, 0.05) is 25.2 Å². The van der Waals surface area contributed by atoms with Crippen molar-refractivity contribution in [2.75, 3.05) is 33.4 Å². The fourth-order valence-corrected chi connectivity index (χ4v) is 1.54. The van der Waals surface area contributed by atoms with Crippen molar-refractivity contribution >= 4 is 0 Å². The van der Waals surface area contributed by atoms with Gasteiger partial charge in [0.15, 0.2) is 0 Å². The third-order valence-corrected chi connectivity index (χ3v) is 2.52. The van der Waals surface area contributed by atoms with E-state index < -0.39 is 0 Å². The van der Waals surface area contributed by atoms with Gasteiger partial charge in [0.2, 0.25) is 0 Å². The number of aliphatic hydroxyl groups excluding tert-OH is 2. The third-order valence-electron chi connectivity index (χ3n) is 2.52. The van der Waals surface area contributed by atoms with Crippen LogP contribution in [0, 0.1) is 0 Å². The fourth-order valence-electron chi connectivity index (χ4n) is 1.54. The number of nitrogens with one attached hydrogen (secondary N) is 1. The summed E-state index contributed by atoms with van der Waals surface area (Å²) in [6.45, 7) is 1.20. The van der Waals surface area contributed by atoms with Gasteiger partial charge in [0.05, 0.1) is 20.3 Å². The van der Waals surface area contributed by atoms with Crippen LogP contribution in [0.25, 0.3) is 0 Å². The van der Waals surface area contributed by atoms with E-state index in [1.807, 2.05) is 0 Å². The minimum absolute atomic E-state index is 0.00288. The van der Waals surface area contributed by atoms with Crippen LogP contribution in [0.4, 0.5) is 0 Å². The number of hydrogen-bond acceptors (Lipinski definition) is 6. The first kappa shape index (κ1) is 14.7. The van der Waals surface area contributed by atoms with Crippen LogP contribution in [-0.2, 0) is 6.54 Å². The van der Waals surface area contributed by atoms with Crippen LogP contribution in [0.5, 0.6) is 11.5 Å². The van der Waals surface area contributed by atoms with Crippen molar-refractivity contribution in [3.05, 3.63) is 23.8 Å². The zero-order valence-corrected chi connectivity index (χ0v) is 10.5. The molecule has 0 spiro atoms. The second-order valence-corrected chi connectivity index (χ2v) is 3.76. The number of benzene rings is 1. The summed E-state index contributed by atoms with van der Waals surface area (Å²) in [7, 11) is 1.56. The lowest BCUT2D eigenvalue weighted by Gasteiger charge is -2.21. The molecule has 0 atom stereocenters. The van der Waals surface area contributed by atoms with Gasteiger partial charge < -0.3 is 20.1 Å². The van der Waals surface area contributed by atoms with E-state index in [0.717, 1.165) is 0 Å². The number of phenolic OH excluding ortho intramolecular Hbond substituents is 1. The van der Waals surface area contributed by atoms with E-state index in [9.17, 15) is 5.11 Å². The van der Waals surface area contributed by atoms with Crippen LogP contribution < -0.4 is 10.2 Å². The smallest absolute Gasteiger partial charge is 0.120 e. The highest BCUT2D eigenvalue weighted by Gasteiger charge is 2.06. The molecule has 0 radical (unpaired) electrons. The first-order valence-corrected chi connectivity index (χ1v) is 5.77. The molecule has 1 aromatic rings. The van der Waals surface area contributed by atoms with Crippen LogP contribution in [0.1, 0.15) is 5.56 Å². The van der Waals surface area contributed by atoms with E-state index in [4.69, 9.17) is 14.9 Å². The van der Waals surface area contributed by atoms with Crippen molar-refractivity contribution in [2.24, 2.45) is 0 Å². The molecule has 0 aliphatic heterocycles. The van der Waals surface area contributed by atoms with Crippen molar-refractivity contribution < 1.29 is 20.1 Å². The average molecular weight is 256 g/mol. The summed E-state index contributed by atoms with van der Waals surface area (Å²) in [6.07, 6.45) is 0. The van der Waals surface area contributed by atoms with Crippen LogP contribution in [0.3, 0.4) is 0 Å². The number of rotatable bonds is 8. The molecule has 0 aliphatic rings. The number of methoxy groups -OCH3 is 1. The molecule has 0 heterocycles. The van der Waals surface area contributed by atoms with E-state index >= 15 is 0 Å². The standard InChI is InChI=1S/C12H20N2O4/c1-18-11-2-3-12(17)10(8-11)9-13-14(4-6-15)5-7-16/h2-3,8,13,15-17H,4-7,9H2,1H3. The van der Waals surface area contributed by atoms with Crippen LogP contribution in [0.2, 0.25) is 0 Å². The molecular formula is C12H20N2O4. The maximum Gasteiger partial charge on any atom is 0.120 e. The predicted molar refractivity (Wildman–Crippen MR) is 67.2 cm³/mol. The summed E-state index contributed by atoms with van der Waals surface area (Å²) < 4.78 is 5.08. The van der Waals surface area contributed by atoms with Crippen molar-refractivity contribution in [1.29, 1.82) is 0 Å². The molecule has 6 heteroatoms. The van der Waals surface area contributed by atoms with Crippen LogP contribution in [-0.4, -0.2) is 53.7 Å². The van der Waals surface area contributed by atoms with Crippen molar-refractivity contribution in [1.82, 2.24) is 10.4 Å². The predicted octanol–water partition coefficient (Wildman–Crippen LogP) is -0.308. The molecule has 0 saturated carbocycles. The highest BCUT2D eigenvalue weighted by Crippen LogP contribution is 2.22. The Labute approximate surface area is 106 Å². The van der Waals surface area contributed by atoms with Gasteiger partial charge >= 0.3 is 0 Å². The Morgan fingerprint density at radius 1 is 1.22 bits per heavy atom. The highest BCUT2D eigenvalue weighted by molar-refractivity contribution is 5.39. The monoisotopic (exact) mass is 256 g/mol. The Hall–Kier alpha value is -1.34. The van der Waals surface area contributed by atoms with E-state index in [-0.39, 0.29) is 19.0 Å². The summed E-state index contributed by atoms with van der Waals surface area (Å²) in [5.41, 5.74) is 3.72. The lowest BCUT2D eigenvalue weighted by molar-refractivity contribution is 0.112. The van der Waals surface area contributed by atoms with Gasteiger partial charge in [-0.15, -0.1) is 0 Å². The third kappa shape index (κ3) is 4.50. The second kappa shape index (κ2) is 7.88. The molecule has 18 heavy (non-hydrogen) atoms. The van der Waals surface area contributed by atoms with E-state index in [1.54, 1.807) is 30.3 Å². The average Bonchev–Trinajstić information content (AvgIpc) is 2.38. The first-order valence-electron chi connectivity index (χ1n) is 5.77. The summed E-state index contributed by atoms with van der Waals surface area (Å²) in [5.74, 6) is 0.844. The Bertz CT molecular complexity index is 354. The molecule has 6 nitrogen and oxygen atoms in total. The van der Waals surface area contributed by atoms with Gasteiger partial charge in [-0.05, 0) is 18.2 Å². The number of aliphatic hydroxyl groups is 2. The van der Waals surface area contributed by atoms with Gasteiger partial charge in [0.1, 0.15) is 11.5 Å². The van der Waals surface area contributed by atoms with Crippen LogP contribution in [0.15, 0.2) is 18.2 Å². The number of hydrogen-bond donors (Lipinski definition) is 4. The number of hydrazine groups is 1. The van der Waals surface area contributed by atoms with Crippen molar-refractivity contribution in [2.45, 2.75) is 6.54 Å². The highest BCUT2D eigenvalue weighted by atomic mass is 16.5. The quantitative estimate of drug-likeness (QED) is 0.478. The second-order valence-electron chi connectivity index (χ2n) is 3.76. The van der Waals surface area contributed by atoms with Gasteiger partial charge in [-0.1, -0.05) is 0 Å². The van der Waals surface area contributed by atoms with Crippen LogP contribution >= 0.6 is 0 Å². The van der Waals surface area contributed by atoms with E-state index in [0.29, 0.717) is 30.9 Å². The molecular weight excluding hydrogens is 236 g/mol. The first-order chi connectivity index (χ1) is 8.71. The normalized spacial score (nSPS) is 10.9. The molecule has 0 unspecified atom stereocenters. The van der Waals surface area contributed by atoms with Gasteiger partial charge in [0.25, 0.3) is 0 Å². The lowest BCUT2D eigenvalue weighted by Crippen LogP contribution is -2.41. The Kier molecular flexibility index (Phi) is 6.45. The summed E-state index contributed by atoms with van der Waals surface area (Å²) in [6, 6.07) is 4.98. The molecule has 102 valence electrons. The SMILES string of the molecule is COc1ccc(O)c(CNN(CCO)CCO)c1. The van der Waals surface area contributed by atoms with Gasteiger partial charge in [-0.3, -0.25) is 5.43 Å². The molecule has 0 amide bonds. The summed E-state index contributed by atoms with van der Waals surface area (Å²) in [5, 5.41) is 29.1. The van der Waals surface area contributed by atoms with E-state index in [2.05, 4.69) is 5.43 Å². The fraction of sp³-hybridized carbons (Fsp3) is 0.500. The number of phenols is 1. The van der Waals surface area contributed by atoms with Crippen molar-refractivity contribution in [3.8, 4) is 11.5 Å². The summed E-state index contributed by atoms with van der Waals surface area (Å²) >= 11 is 0. The molecule has 1 rings (SSSR count). The molecule has 0 saturated heterocycles. The molecule has 1 aromatic carbocycles. The zero-order chi connectivity index (χ0) is 13.4.